The molecule has 0 spiro atoms. The lowest BCUT2D eigenvalue weighted by atomic mass is 10.0. The van der Waals surface area contributed by atoms with E-state index in [4.69, 9.17) is 0 Å². The highest BCUT2D eigenvalue weighted by atomic mass is 19.4. The molecule has 0 saturated carbocycles. The number of hydrogen-bond donors (Lipinski definition) is 0. The Bertz CT molecular complexity index is 756. The van der Waals surface area contributed by atoms with Gasteiger partial charge in [-0.2, -0.15) is 26.3 Å². The summed E-state index contributed by atoms with van der Waals surface area (Å²) in [5, 5.41) is 0. The third-order valence-corrected chi connectivity index (χ3v) is 2.93. The highest BCUT2D eigenvalue weighted by Gasteiger charge is 2.43. The number of carbonyl (C=O) groups is 2. The van der Waals surface area contributed by atoms with E-state index in [0.717, 1.165) is 12.1 Å². The third kappa shape index (κ3) is 4.52. The van der Waals surface area contributed by atoms with Gasteiger partial charge >= 0.3 is 24.3 Å². The van der Waals surface area contributed by atoms with Crippen LogP contribution >= 0.6 is 0 Å². The zero-order valence-electron chi connectivity index (χ0n) is 12.5. The van der Waals surface area contributed by atoms with Gasteiger partial charge in [0, 0.05) is 11.1 Å². The Morgan fingerprint density at radius 2 is 0.923 bits per heavy atom. The number of esters is 2. The van der Waals surface area contributed by atoms with Crippen molar-refractivity contribution >= 4 is 11.9 Å². The van der Waals surface area contributed by atoms with Gasteiger partial charge in [-0.1, -0.05) is 36.4 Å². The van der Waals surface area contributed by atoms with Crippen molar-refractivity contribution in [3.8, 4) is 22.6 Å². The SMILES string of the molecule is O=C(Oc1ccccc1-c1ccccc1OC(=O)C(F)(F)F)C(F)(F)F. The molecule has 0 aliphatic heterocycles. The highest BCUT2D eigenvalue weighted by molar-refractivity contribution is 5.85. The summed E-state index contributed by atoms with van der Waals surface area (Å²) in [5.74, 6) is -6.14. The van der Waals surface area contributed by atoms with E-state index in [0.29, 0.717) is 0 Å². The summed E-state index contributed by atoms with van der Waals surface area (Å²) in [6.07, 6.45) is -10.5. The summed E-state index contributed by atoms with van der Waals surface area (Å²) >= 11 is 0. The Kier molecular flexibility index (Phi) is 5.24. The van der Waals surface area contributed by atoms with E-state index in [1.165, 1.54) is 36.4 Å². The number of alkyl halides is 6. The fraction of sp³-hybridized carbons (Fsp3) is 0.125. The second-order valence-electron chi connectivity index (χ2n) is 4.77. The standard InChI is InChI=1S/C16H8F6O4/c17-15(18,19)13(23)25-11-7-3-1-5-9(11)10-6-2-4-8-12(10)26-14(24)16(20,21)22/h1-8H. The molecule has 4 nitrogen and oxygen atoms in total. The highest BCUT2D eigenvalue weighted by Crippen LogP contribution is 2.37. The number of halogens is 6. The van der Waals surface area contributed by atoms with E-state index in [2.05, 4.69) is 9.47 Å². The fourth-order valence-electron chi connectivity index (χ4n) is 1.87. The zero-order valence-corrected chi connectivity index (χ0v) is 12.5. The average Bonchev–Trinajstić information content (AvgIpc) is 2.54. The van der Waals surface area contributed by atoms with Crippen LogP contribution in [0.15, 0.2) is 48.5 Å². The lowest BCUT2D eigenvalue weighted by Crippen LogP contribution is -2.28. The maximum atomic E-state index is 12.4. The van der Waals surface area contributed by atoms with Gasteiger partial charge in [0.05, 0.1) is 0 Å². The van der Waals surface area contributed by atoms with Crippen LogP contribution in [0.25, 0.3) is 11.1 Å². The van der Waals surface area contributed by atoms with E-state index in [1.54, 1.807) is 0 Å². The van der Waals surface area contributed by atoms with Crippen molar-refractivity contribution in [2.75, 3.05) is 0 Å². The van der Waals surface area contributed by atoms with Crippen LogP contribution in [0.4, 0.5) is 26.3 Å². The van der Waals surface area contributed by atoms with Gasteiger partial charge in [0.15, 0.2) is 0 Å². The normalized spacial score (nSPS) is 11.8. The molecule has 0 aliphatic carbocycles. The predicted molar refractivity (Wildman–Crippen MR) is 75.3 cm³/mol. The molecule has 0 fully saturated rings. The van der Waals surface area contributed by atoms with Gasteiger partial charge in [-0.05, 0) is 12.1 Å². The molecular formula is C16H8F6O4. The van der Waals surface area contributed by atoms with Crippen LogP contribution in [-0.4, -0.2) is 24.3 Å². The Morgan fingerprint density at radius 1 is 0.615 bits per heavy atom. The average molecular weight is 378 g/mol. The van der Waals surface area contributed by atoms with Gasteiger partial charge in [-0.3, -0.25) is 0 Å². The van der Waals surface area contributed by atoms with Crippen LogP contribution in [0, 0.1) is 0 Å². The maximum Gasteiger partial charge on any atom is 0.491 e. The number of ether oxygens (including phenoxy) is 2. The molecule has 0 aromatic heterocycles. The minimum Gasteiger partial charge on any atom is -0.419 e. The van der Waals surface area contributed by atoms with Crippen LogP contribution in [0.3, 0.4) is 0 Å². The maximum absolute atomic E-state index is 12.4. The van der Waals surface area contributed by atoms with Crippen molar-refractivity contribution in [3.63, 3.8) is 0 Å². The molecule has 0 bridgehead atoms. The number of hydrogen-bond acceptors (Lipinski definition) is 4. The molecule has 2 aromatic rings. The van der Waals surface area contributed by atoms with Crippen molar-refractivity contribution in [1.82, 2.24) is 0 Å². The molecular weight excluding hydrogens is 370 g/mol. The van der Waals surface area contributed by atoms with Gasteiger partial charge in [0.1, 0.15) is 11.5 Å². The molecule has 0 aliphatic rings. The smallest absolute Gasteiger partial charge is 0.419 e. The summed E-state index contributed by atoms with van der Waals surface area (Å²) in [5.41, 5.74) is -0.341. The number of rotatable bonds is 3. The van der Waals surface area contributed by atoms with Gasteiger partial charge in [-0.15, -0.1) is 0 Å². The summed E-state index contributed by atoms with van der Waals surface area (Å²) in [4.78, 5) is 22.1. The summed E-state index contributed by atoms with van der Waals surface area (Å²) in [6, 6.07) is 9.63. The van der Waals surface area contributed by atoms with Gasteiger partial charge in [0.2, 0.25) is 0 Å². The molecule has 0 atom stereocenters. The first-order chi connectivity index (χ1) is 12.0. The molecule has 138 valence electrons. The van der Waals surface area contributed by atoms with Gasteiger partial charge in [0.25, 0.3) is 0 Å². The van der Waals surface area contributed by atoms with E-state index in [-0.39, 0.29) is 11.1 Å². The van der Waals surface area contributed by atoms with Crippen molar-refractivity contribution in [1.29, 1.82) is 0 Å². The lowest BCUT2D eigenvalue weighted by molar-refractivity contribution is -0.189. The van der Waals surface area contributed by atoms with Gasteiger partial charge in [-0.25, -0.2) is 9.59 Å². The molecule has 0 radical (unpaired) electrons. The zero-order chi connectivity index (χ0) is 19.5. The van der Waals surface area contributed by atoms with Crippen LogP contribution in [-0.2, 0) is 9.59 Å². The second kappa shape index (κ2) is 7.06. The molecule has 10 heteroatoms. The topological polar surface area (TPSA) is 52.6 Å². The van der Waals surface area contributed by atoms with Crippen LogP contribution in [0.2, 0.25) is 0 Å². The van der Waals surface area contributed by atoms with Crippen molar-refractivity contribution in [2.45, 2.75) is 12.4 Å². The monoisotopic (exact) mass is 378 g/mol. The third-order valence-electron chi connectivity index (χ3n) is 2.93. The second-order valence-corrected chi connectivity index (χ2v) is 4.77. The minimum absolute atomic E-state index is 0.171. The van der Waals surface area contributed by atoms with Gasteiger partial charge < -0.3 is 9.47 Å². The molecule has 2 aromatic carbocycles. The predicted octanol–water partition coefficient (Wildman–Crippen LogP) is 4.29. The Balaban J connectivity index is 2.44. The molecule has 0 heterocycles. The minimum atomic E-state index is -5.27. The molecule has 0 amide bonds. The molecule has 26 heavy (non-hydrogen) atoms. The quantitative estimate of drug-likeness (QED) is 0.454. The fourth-order valence-corrected chi connectivity index (χ4v) is 1.87. The Morgan fingerprint density at radius 3 is 1.23 bits per heavy atom. The van der Waals surface area contributed by atoms with Crippen LogP contribution in [0.1, 0.15) is 0 Å². The van der Waals surface area contributed by atoms with E-state index in [1.807, 2.05) is 0 Å². The van der Waals surface area contributed by atoms with Crippen molar-refractivity contribution in [2.24, 2.45) is 0 Å². The van der Waals surface area contributed by atoms with E-state index >= 15 is 0 Å². The molecule has 0 saturated heterocycles. The Labute approximate surface area is 141 Å². The molecule has 2 rings (SSSR count). The molecule has 0 unspecified atom stereocenters. The van der Waals surface area contributed by atoms with E-state index < -0.39 is 35.8 Å². The summed E-state index contributed by atoms with van der Waals surface area (Å²) < 4.78 is 82.8. The number of benzene rings is 2. The van der Waals surface area contributed by atoms with Crippen molar-refractivity contribution in [3.05, 3.63) is 48.5 Å². The largest absolute Gasteiger partial charge is 0.491 e. The van der Waals surface area contributed by atoms with Crippen LogP contribution in [0.5, 0.6) is 11.5 Å². The summed E-state index contributed by atoms with van der Waals surface area (Å²) in [7, 11) is 0. The summed E-state index contributed by atoms with van der Waals surface area (Å²) in [6.45, 7) is 0. The first-order valence-electron chi connectivity index (χ1n) is 6.76. The first kappa shape index (κ1) is 19.3. The van der Waals surface area contributed by atoms with E-state index in [9.17, 15) is 35.9 Å². The molecule has 0 N–H and O–H groups in total. The number of carbonyl (C=O) groups excluding carboxylic acids is 2. The first-order valence-corrected chi connectivity index (χ1v) is 6.76. The van der Waals surface area contributed by atoms with Crippen molar-refractivity contribution < 1.29 is 45.4 Å². The number of para-hydroxylation sites is 2. The Hall–Kier alpha value is -3.04. The van der Waals surface area contributed by atoms with Crippen LogP contribution < -0.4 is 9.47 Å². The lowest BCUT2D eigenvalue weighted by Gasteiger charge is -2.14.